The van der Waals surface area contributed by atoms with E-state index < -0.39 is 91.1 Å². The van der Waals surface area contributed by atoms with Gasteiger partial charge in [0.25, 0.3) is 0 Å². The number of hydrogen-bond donors (Lipinski definition) is 10. The Balaban J connectivity index is 5.90. The molecule has 0 rings (SSSR count). The average Bonchev–Trinajstić information content (AvgIpc) is 2.83. The first-order chi connectivity index (χ1) is 18.1. The molecule has 0 spiro atoms. The number of carbonyl (C=O) groups is 6. The Morgan fingerprint density at radius 2 is 1.33 bits per heavy atom. The third-order valence-corrected chi connectivity index (χ3v) is 5.36. The molecule has 0 saturated heterocycles. The summed E-state index contributed by atoms with van der Waals surface area (Å²) in [5.74, 6) is -6.83. The summed E-state index contributed by atoms with van der Waals surface area (Å²) in [6, 6.07) is -5.59. The Morgan fingerprint density at radius 1 is 0.795 bits per heavy atom. The maximum atomic E-state index is 13.1. The maximum Gasteiger partial charge on any atom is 0.326 e. The second kappa shape index (κ2) is 17.5. The zero-order valence-electron chi connectivity index (χ0n) is 22.2. The van der Waals surface area contributed by atoms with Gasteiger partial charge in [0.2, 0.25) is 23.6 Å². The van der Waals surface area contributed by atoms with Crippen LogP contribution >= 0.6 is 0 Å². The van der Waals surface area contributed by atoms with Crippen LogP contribution in [0.1, 0.15) is 46.5 Å². The van der Waals surface area contributed by atoms with Crippen LogP contribution in [0.15, 0.2) is 4.99 Å². The van der Waals surface area contributed by atoms with Gasteiger partial charge in [-0.15, -0.1) is 0 Å². The quantitative estimate of drug-likeness (QED) is 0.0435. The number of nitrogens with two attached hydrogens (primary N) is 3. The largest absolute Gasteiger partial charge is 0.481 e. The lowest BCUT2D eigenvalue weighted by Crippen LogP contribution is -2.60. The van der Waals surface area contributed by atoms with Crippen molar-refractivity contribution in [3.05, 3.63) is 0 Å². The molecule has 0 aromatic rings. The summed E-state index contributed by atoms with van der Waals surface area (Å²) < 4.78 is 0. The van der Waals surface area contributed by atoms with E-state index in [2.05, 4.69) is 26.3 Å². The molecule has 0 aromatic carbocycles. The maximum absolute atomic E-state index is 13.1. The Kier molecular flexibility index (Phi) is 15.7. The third kappa shape index (κ3) is 13.9. The molecule has 0 aliphatic carbocycles. The third-order valence-electron chi connectivity index (χ3n) is 5.36. The fourth-order valence-corrected chi connectivity index (χ4v) is 3.25. The van der Waals surface area contributed by atoms with Crippen LogP contribution in [0, 0.1) is 5.92 Å². The monoisotopic (exact) mass is 560 g/mol. The standard InChI is InChI=1S/C22H40N8O9/c1-10(2)16(21(38)39)30-19(36)12(5-4-8-26-22(24)25)27-18(35)13(6-7-15(33)34)28-20(37)17(11(3)31)29-14(32)9-23/h10-13,16-17,31H,4-9,23H2,1-3H3,(H,27,35)(H,28,37)(H,29,32)(H,30,36)(H,33,34)(H,38,39)(H4,24,25,26)/t11-,12+,13+,16+,17+/m1/s1. The fraction of sp³-hybridized carbons (Fsp3) is 0.682. The zero-order chi connectivity index (χ0) is 30.3. The van der Waals surface area contributed by atoms with Gasteiger partial charge in [-0.25, -0.2) is 4.79 Å². The highest BCUT2D eigenvalue weighted by molar-refractivity contribution is 5.95. The number of carboxylic acid groups (broad SMARTS) is 2. The van der Waals surface area contributed by atoms with E-state index in [1.165, 1.54) is 6.92 Å². The molecule has 0 aromatic heterocycles. The van der Waals surface area contributed by atoms with Gasteiger partial charge in [0.05, 0.1) is 12.6 Å². The molecule has 0 aliphatic rings. The highest BCUT2D eigenvalue weighted by Gasteiger charge is 2.33. The minimum absolute atomic E-state index is 0.0404. The topological polar surface area (TPSA) is 302 Å². The number of nitrogens with zero attached hydrogens (tertiary/aromatic N) is 1. The number of guanidine groups is 1. The molecule has 17 nitrogen and oxygen atoms in total. The van der Waals surface area contributed by atoms with Gasteiger partial charge < -0.3 is 53.8 Å². The fourth-order valence-electron chi connectivity index (χ4n) is 3.25. The lowest BCUT2D eigenvalue weighted by atomic mass is 10.0. The first kappa shape index (κ1) is 35.0. The molecule has 0 unspecified atom stereocenters. The van der Waals surface area contributed by atoms with Crippen molar-refractivity contribution in [1.29, 1.82) is 0 Å². The average molecular weight is 561 g/mol. The number of aliphatic imine (C=N–C) groups is 1. The van der Waals surface area contributed by atoms with Crippen molar-refractivity contribution in [3.8, 4) is 0 Å². The van der Waals surface area contributed by atoms with Crippen molar-refractivity contribution in [2.45, 2.75) is 76.7 Å². The number of aliphatic hydroxyl groups excluding tert-OH is 1. The summed E-state index contributed by atoms with van der Waals surface area (Å²) >= 11 is 0. The van der Waals surface area contributed by atoms with Gasteiger partial charge in [-0.1, -0.05) is 13.8 Å². The Labute approximate surface area is 225 Å². The van der Waals surface area contributed by atoms with E-state index in [4.69, 9.17) is 22.3 Å². The van der Waals surface area contributed by atoms with Crippen LogP contribution in [0.4, 0.5) is 0 Å². The molecule has 222 valence electrons. The molecular weight excluding hydrogens is 520 g/mol. The minimum Gasteiger partial charge on any atom is -0.481 e. The predicted molar refractivity (Wildman–Crippen MR) is 138 cm³/mol. The number of rotatable bonds is 18. The molecule has 39 heavy (non-hydrogen) atoms. The normalized spacial score (nSPS) is 14.6. The molecule has 17 heteroatoms. The summed E-state index contributed by atoms with van der Waals surface area (Å²) in [4.78, 5) is 76.9. The lowest BCUT2D eigenvalue weighted by Gasteiger charge is -2.27. The van der Waals surface area contributed by atoms with E-state index in [0.717, 1.165) is 0 Å². The van der Waals surface area contributed by atoms with Gasteiger partial charge in [-0.3, -0.25) is 29.0 Å². The van der Waals surface area contributed by atoms with Crippen LogP contribution in [0.2, 0.25) is 0 Å². The number of carboxylic acids is 2. The summed E-state index contributed by atoms with van der Waals surface area (Å²) in [6.07, 6.45) is -2.21. The Morgan fingerprint density at radius 3 is 1.79 bits per heavy atom. The van der Waals surface area contributed by atoms with E-state index in [1.807, 2.05) is 0 Å². The van der Waals surface area contributed by atoms with Gasteiger partial charge in [0.1, 0.15) is 24.2 Å². The minimum atomic E-state index is -1.51. The number of aliphatic carboxylic acids is 2. The number of carbonyl (C=O) groups excluding carboxylic acids is 4. The van der Waals surface area contributed by atoms with Crippen molar-refractivity contribution >= 4 is 41.5 Å². The van der Waals surface area contributed by atoms with Crippen molar-refractivity contribution in [3.63, 3.8) is 0 Å². The molecule has 0 saturated carbocycles. The first-order valence-electron chi connectivity index (χ1n) is 12.2. The second-order valence-electron chi connectivity index (χ2n) is 9.06. The van der Waals surface area contributed by atoms with Crippen LogP contribution in [0.25, 0.3) is 0 Å². The van der Waals surface area contributed by atoms with E-state index in [9.17, 15) is 39.0 Å². The van der Waals surface area contributed by atoms with Crippen LogP contribution in [-0.4, -0.2) is 100 Å². The molecule has 0 radical (unpaired) electrons. The van der Waals surface area contributed by atoms with Gasteiger partial charge in [-0.05, 0) is 32.1 Å². The van der Waals surface area contributed by atoms with Crippen molar-refractivity contribution in [2.75, 3.05) is 13.1 Å². The van der Waals surface area contributed by atoms with E-state index in [0.29, 0.717) is 0 Å². The SMILES string of the molecule is CC(C)[C@H](NC(=O)[C@H](CCCN=C(N)N)NC(=O)[C@H](CCC(=O)O)NC(=O)[C@@H](NC(=O)CN)[C@@H](C)O)C(=O)O. The highest BCUT2D eigenvalue weighted by atomic mass is 16.4. The summed E-state index contributed by atoms with van der Waals surface area (Å²) in [5.41, 5.74) is 15.8. The number of nitrogens with one attached hydrogen (secondary N) is 4. The van der Waals surface area contributed by atoms with E-state index >= 15 is 0 Å². The molecule has 0 aliphatic heterocycles. The Hall–Kier alpha value is -3.99. The van der Waals surface area contributed by atoms with Gasteiger partial charge in [0, 0.05) is 13.0 Å². The van der Waals surface area contributed by atoms with Crippen molar-refractivity contribution in [1.82, 2.24) is 21.3 Å². The lowest BCUT2D eigenvalue weighted by molar-refractivity contribution is -0.143. The second-order valence-corrected chi connectivity index (χ2v) is 9.06. The molecule has 0 fully saturated rings. The molecule has 5 atom stereocenters. The molecule has 0 bridgehead atoms. The molecule has 0 heterocycles. The molecule has 13 N–H and O–H groups in total. The van der Waals surface area contributed by atoms with Crippen LogP contribution < -0.4 is 38.5 Å². The molecular formula is C22H40N8O9. The van der Waals surface area contributed by atoms with Gasteiger partial charge >= 0.3 is 11.9 Å². The van der Waals surface area contributed by atoms with Gasteiger partial charge in [0.15, 0.2) is 5.96 Å². The number of hydrogen-bond acceptors (Lipinski definition) is 9. The van der Waals surface area contributed by atoms with Crippen LogP contribution in [-0.2, 0) is 28.8 Å². The smallest absolute Gasteiger partial charge is 0.326 e. The van der Waals surface area contributed by atoms with Crippen LogP contribution in [0.5, 0.6) is 0 Å². The van der Waals surface area contributed by atoms with E-state index in [1.54, 1.807) is 13.8 Å². The summed E-state index contributed by atoms with van der Waals surface area (Å²) in [6.45, 7) is 3.96. The summed E-state index contributed by atoms with van der Waals surface area (Å²) in [5, 5.41) is 37.6. The predicted octanol–water partition coefficient (Wildman–Crippen LogP) is -4.08. The number of amides is 4. The van der Waals surface area contributed by atoms with Crippen molar-refractivity contribution in [2.24, 2.45) is 28.1 Å². The highest BCUT2D eigenvalue weighted by Crippen LogP contribution is 2.07. The van der Waals surface area contributed by atoms with Gasteiger partial charge in [-0.2, -0.15) is 0 Å². The van der Waals surface area contributed by atoms with Crippen LogP contribution in [0.3, 0.4) is 0 Å². The first-order valence-corrected chi connectivity index (χ1v) is 12.2. The van der Waals surface area contributed by atoms with E-state index in [-0.39, 0.29) is 25.3 Å². The Bertz CT molecular complexity index is 906. The number of aliphatic hydroxyl groups is 1. The molecule has 4 amide bonds. The van der Waals surface area contributed by atoms with Crippen molar-refractivity contribution < 1.29 is 44.1 Å². The summed E-state index contributed by atoms with van der Waals surface area (Å²) in [7, 11) is 0. The zero-order valence-corrected chi connectivity index (χ0v) is 22.2.